The zero-order valence-corrected chi connectivity index (χ0v) is 20.3. The first-order valence-electron chi connectivity index (χ1n) is 4.59. The van der Waals surface area contributed by atoms with Gasteiger partial charge >= 0.3 is 118 Å². The van der Waals surface area contributed by atoms with E-state index in [4.69, 9.17) is 0 Å². The number of rotatable bonds is 4. The Morgan fingerprint density at radius 1 is 0.762 bits per heavy atom. The molecule has 0 aromatic carbocycles. The molecule has 1 aliphatic rings. The smallest absolute Gasteiger partial charge is 0.550 e. The second-order valence-electron chi connectivity index (χ2n) is 3.81. The third-order valence-corrected chi connectivity index (χ3v) is 3.07. The Kier molecular flexibility index (Phi) is 18.0. The van der Waals surface area contributed by atoms with Gasteiger partial charge in [0.05, 0.1) is 17.4 Å². The largest absolute Gasteiger partial charge is 1.00 e. The number of aliphatic carboxylic acids is 4. The van der Waals surface area contributed by atoms with Gasteiger partial charge in [0.15, 0.2) is 0 Å². The van der Waals surface area contributed by atoms with Gasteiger partial charge in [-0.3, -0.25) is 0 Å². The van der Waals surface area contributed by atoms with Gasteiger partial charge in [0.25, 0.3) is 0 Å². The zero-order chi connectivity index (χ0) is 13.4. The van der Waals surface area contributed by atoms with Crippen molar-refractivity contribution >= 4 is 23.9 Å². The van der Waals surface area contributed by atoms with Crippen LogP contribution in [0.5, 0.6) is 0 Å². The van der Waals surface area contributed by atoms with Crippen LogP contribution in [0.2, 0.25) is 0 Å². The van der Waals surface area contributed by atoms with Gasteiger partial charge in [-0.15, -0.1) is 0 Å². The Labute approximate surface area is 208 Å². The Hall–Kier alpha value is 1.88. The first kappa shape index (κ1) is 30.7. The normalized spacial score (nSPS) is 21.3. The first-order valence-corrected chi connectivity index (χ1v) is 4.59. The molecule has 0 aliphatic heterocycles. The quantitative estimate of drug-likeness (QED) is 0.362. The summed E-state index contributed by atoms with van der Waals surface area (Å²) in [6.45, 7) is 0. The van der Waals surface area contributed by atoms with Crippen LogP contribution in [0.4, 0.5) is 0 Å². The van der Waals surface area contributed by atoms with Crippen LogP contribution in [-0.2, 0) is 19.2 Å². The van der Waals surface area contributed by atoms with Crippen LogP contribution in [-0.4, -0.2) is 23.9 Å². The molecule has 2 unspecified atom stereocenters. The van der Waals surface area contributed by atoms with E-state index >= 15 is 0 Å². The van der Waals surface area contributed by atoms with Gasteiger partial charge in [-0.1, -0.05) is 0 Å². The first-order chi connectivity index (χ1) is 7.75. The molecule has 1 saturated carbocycles. The average molecular weight is 334 g/mol. The monoisotopic (exact) mass is 334 g/mol. The molecule has 1 rings (SSSR count). The van der Waals surface area contributed by atoms with E-state index in [1.54, 1.807) is 0 Å². The zero-order valence-electron chi connectivity index (χ0n) is 12.3. The molecule has 0 aromatic heterocycles. The third kappa shape index (κ3) is 6.03. The van der Waals surface area contributed by atoms with Crippen LogP contribution in [0.15, 0.2) is 0 Å². The number of carboxylic acids is 4. The van der Waals surface area contributed by atoms with Gasteiger partial charge in [-0.2, -0.15) is 0 Å². The molecule has 0 spiro atoms. The average Bonchev–Trinajstić information content (AvgIpc) is 2.57. The van der Waals surface area contributed by atoms with Gasteiger partial charge in [0, 0.05) is 23.8 Å². The topological polar surface area (TPSA) is 161 Å². The Morgan fingerprint density at radius 2 is 1.14 bits per heavy atom. The van der Waals surface area contributed by atoms with Crippen molar-refractivity contribution < 1.29 is 158 Å². The molecule has 1 fully saturated rings. The maximum Gasteiger partial charge on any atom is 1.00 e. The van der Waals surface area contributed by atoms with E-state index in [-0.39, 0.29) is 118 Å². The molecule has 0 heterocycles. The van der Waals surface area contributed by atoms with Crippen molar-refractivity contribution in [3.63, 3.8) is 0 Å². The molecule has 12 heteroatoms. The van der Waals surface area contributed by atoms with Gasteiger partial charge < -0.3 is 39.6 Å². The summed E-state index contributed by atoms with van der Waals surface area (Å²) in [5.74, 6) is -12.3. The molecule has 0 bridgehead atoms. The van der Waals surface area contributed by atoms with Crippen molar-refractivity contribution in [3.8, 4) is 0 Å². The standard InChI is InChI=1S/C9H10O8.4Na/c10-5(11)3-1-2-9(7(14)15,8(16)17)4(3)6(12)13;;;;/h3-4H,1-2H2,(H,10,11)(H,12,13)(H,14,15)(H,16,17);;;;/q;4*+1/p-4. The number of hydrogen-bond acceptors (Lipinski definition) is 8. The molecule has 21 heavy (non-hydrogen) atoms. The summed E-state index contributed by atoms with van der Waals surface area (Å²) in [6, 6.07) is 0. The summed E-state index contributed by atoms with van der Waals surface area (Å²) in [7, 11) is 0. The molecule has 8 nitrogen and oxygen atoms in total. The van der Waals surface area contributed by atoms with E-state index in [0.29, 0.717) is 0 Å². The fourth-order valence-corrected chi connectivity index (χ4v) is 2.21. The molecular weight excluding hydrogens is 328 g/mol. The summed E-state index contributed by atoms with van der Waals surface area (Å²) in [5, 5.41) is 43.0. The molecule has 0 radical (unpaired) electrons. The number of carbonyl (C=O) groups is 4. The van der Waals surface area contributed by atoms with Crippen LogP contribution in [0, 0.1) is 17.3 Å². The van der Waals surface area contributed by atoms with Gasteiger partial charge in [-0.05, 0) is 12.8 Å². The van der Waals surface area contributed by atoms with Crippen LogP contribution < -0.4 is 139 Å². The predicted molar refractivity (Wildman–Crippen MR) is 38.7 cm³/mol. The SMILES string of the molecule is O=C([O-])C1CCC(C(=O)[O-])(C(=O)[O-])C1C(=O)[O-].[Na+].[Na+].[Na+].[Na+]. The maximum absolute atomic E-state index is 10.8. The van der Waals surface area contributed by atoms with Gasteiger partial charge in [-0.25, -0.2) is 0 Å². The number of hydrogen-bond donors (Lipinski definition) is 0. The van der Waals surface area contributed by atoms with Crippen molar-refractivity contribution in [2.45, 2.75) is 12.8 Å². The van der Waals surface area contributed by atoms with Gasteiger partial charge in [0.2, 0.25) is 0 Å². The molecule has 0 N–H and O–H groups in total. The fourth-order valence-electron chi connectivity index (χ4n) is 2.21. The minimum Gasteiger partial charge on any atom is -0.550 e. The van der Waals surface area contributed by atoms with E-state index in [9.17, 15) is 39.6 Å². The molecule has 2 atom stereocenters. The van der Waals surface area contributed by atoms with Gasteiger partial charge in [0.1, 0.15) is 0 Å². The summed E-state index contributed by atoms with van der Waals surface area (Å²) in [4.78, 5) is 43.0. The summed E-state index contributed by atoms with van der Waals surface area (Å²) >= 11 is 0. The second-order valence-corrected chi connectivity index (χ2v) is 3.81. The minimum atomic E-state index is -2.89. The molecule has 1 aliphatic carbocycles. The van der Waals surface area contributed by atoms with Crippen molar-refractivity contribution in [1.82, 2.24) is 0 Å². The van der Waals surface area contributed by atoms with E-state index in [0.717, 1.165) is 0 Å². The molecule has 0 amide bonds. The van der Waals surface area contributed by atoms with Crippen LogP contribution in [0.3, 0.4) is 0 Å². The van der Waals surface area contributed by atoms with Crippen LogP contribution in [0.25, 0.3) is 0 Å². The minimum absolute atomic E-state index is 0. The summed E-state index contributed by atoms with van der Waals surface area (Å²) in [6.07, 6.45) is -1.18. The van der Waals surface area contributed by atoms with Crippen LogP contribution >= 0.6 is 0 Å². The molecular formula is C9H6Na4O8. The number of carbonyl (C=O) groups excluding carboxylic acids is 4. The second kappa shape index (κ2) is 12.3. The van der Waals surface area contributed by atoms with Crippen LogP contribution in [0.1, 0.15) is 12.8 Å². The Morgan fingerprint density at radius 3 is 1.38 bits per heavy atom. The third-order valence-electron chi connectivity index (χ3n) is 3.07. The van der Waals surface area contributed by atoms with Crippen molar-refractivity contribution in [2.75, 3.05) is 0 Å². The Bertz CT molecular complexity index is 399. The molecule has 0 aromatic rings. The predicted octanol–water partition coefficient (Wildman–Crippen LogP) is -18.0. The van der Waals surface area contributed by atoms with E-state index in [2.05, 4.69) is 0 Å². The molecule has 0 saturated heterocycles. The summed E-state index contributed by atoms with van der Waals surface area (Å²) in [5.41, 5.74) is -2.89. The summed E-state index contributed by atoms with van der Waals surface area (Å²) < 4.78 is 0. The number of carboxylic acid groups (broad SMARTS) is 4. The van der Waals surface area contributed by atoms with E-state index in [1.807, 2.05) is 0 Å². The maximum atomic E-state index is 10.8. The van der Waals surface area contributed by atoms with E-state index < -0.39 is 54.0 Å². The van der Waals surface area contributed by atoms with Crippen molar-refractivity contribution in [3.05, 3.63) is 0 Å². The molecule has 94 valence electrons. The van der Waals surface area contributed by atoms with Crippen molar-refractivity contribution in [1.29, 1.82) is 0 Å². The van der Waals surface area contributed by atoms with E-state index in [1.165, 1.54) is 0 Å². The Balaban J connectivity index is -0.000000361. The fraction of sp³-hybridized carbons (Fsp3) is 0.556. The van der Waals surface area contributed by atoms with Crippen molar-refractivity contribution in [2.24, 2.45) is 17.3 Å².